The van der Waals surface area contributed by atoms with Crippen molar-refractivity contribution >= 4 is 23.6 Å². The Bertz CT molecular complexity index is 301. The van der Waals surface area contributed by atoms with Crippen molar-refractivity contribution in [1.29, 1.82) is 0 Å². The van der Waals surface area contributed by atoms with E-state index in [9.17, 15) is 4.79 Å². The molecule has 0 amide bonds. The maximum Gasteiger partial charge on any atom is 0.337 e. The molecule has 0 unspecified atom stereocenters. The Morgan fingerprint density at radius 2 is 2.31 bits per heavy atom. The molecule has 4 heteroatoms. The van der Waals surface area contributed by atoms with Crippen molar-refractivity contribution < 1.29 is 9.53 Å². The van der Waals surface area contributed by atoms with E-state index in [2.05, 4.69) is 9.46 Å². The first-order chi connectivity index (χ1) is 6.27. The first-order valence-corrected chi connectivity index (χ1v) is 4.97. The van der Waals surface area contributed by atoms with Crippen LogP contribution in [0.4, 0.5) is 5.69 Å². The van der Waals surface area contributed by atoms with Crippen molar-refractivity contribution in [3.8, 4) is 0 Å². The van der Waals surface area contributed by atoms with Gasteiger partial charge in [-0.25, -0.2) is 4.79 Å². The van der Waals surface area contributed by atoms with Crippen LogP contribution in [0.5, 0.6) is 0 Å². The number of rotatable bonds is 3. The van der Waals surface area contributed by atoms with E-state index in [1.54, 1.807) is 12.1 Å². The standard InChI is InChI=1S/C9H11NO2S/c1-12-9(11)7-4-3-5-8(6-7)10-13-2/h3-6,10H,1-2H3. The van der Waals surface area contributed by atoms with E-state index in [0.29, 0.717) is 5.56 Å². The van der Waals surface area contributed by atoms with Crippen molar-refractivity contribution in [2.45, 2.75) is 0 Å². The quantitative estimate of drug-likeness (QED) is 0.595. The minimum absolute atomic E-state index is 0.315. The highest BCUT2D eigenvalue weighted by Gasteiger charge is 2.04. The average Bonchev–Trinajstić information content (AvgIpc) is 2.18. The molecule has 70 valence electrons. The fraction of sp³-hybridized carbons (Fsp3) is 0.222. The summed E-state index contributed by atoms with van der Waals surface area (Å²) >= 11 is 1.48. The summed E-state index contributed by atoms with van der Waals surface area (Å²) in [5, 5.41) is 0. The Morgan fingerprint density at radius 1 is 1.54 bits per heavy atom. The molecule has 0 saturated carbocycles. The molecule has 13 heavy (non-hydrogen) atoms. The van der Waals surface area contributed by atoms with Crippen LogP contribution in [0.2, 0.25) is 0 Å². The van der Waals surface area contributed by atoms with Gasteiger partial charge in [-0.1, -0.05) is 18.0 Å². The maximum absolute atomic E-state index is 11.1. The first-order valence-electron chi connectivity index (χ1n) is 3.75. The van der Waals surface area contributed by atoms with E-state index >= 15 is 0 Å². The molecule has 0 aliphatic heterocycles. The van der Waals surface area contributed by atoms with Crippen LogP contribution in [0.25, 0.3) is 0 Å². The van der Waals surface area contributed by atoms with Gasteiger partial charge in [0.15, 0.2) is 0 Å². The van der Waals surface area contributed by atoms with Gasteiger partial charge in [0.1, 0.15) is 0 Å². The Kier molecular flexibility index (Phi) is 3.64. The molecule has 0 aliphatic carbocycles. The normalized spacial score (nSPS) is 9.38. The fourth-order valence-corrected chi connectivity index (χ4v) is 1.31. The molecule has 0 atom stereocenters. The highest BCUT2D eigenvalue weighted by molar-refractivity contribution is 7.99. The lowest BCUT2D eigenvalue weighted by atomic mass is 10.2. The summed E-state index contributed by atoms with van der Waals surface area (Å²) < 4.78 is 7.63. The molecular weight excluding hydrogens is 186 g/mol. The van der Waals surface area contributed by atoms with Crippen LogP contribution in [0.15, 0.2) is 24.3 Å². The Balaban J connectivity index is 2.85. The SMILES string of the molecule is COC(=O)c1cccc(NSC)c1. The number of anilines is 1. The highest BCUT2D eigenvalue weighted by Crippen LogP contribution is 2.13. The zero-order valence-corrected chi connectivity index (χ0v) is 8.35. The molecule has 0 heterocycles. The summed E-state index contributed by atoms with van der Waals surface area (Å²) in [6.45, 7) is 0. The monoisotopic (exact) mass is 197 g/mol. The number of ether oxygens (including phenoxy) is 1. The molecule has 0 fully saturated rings. The lowest BCUT2D eigenvalue weighted by molar-refractivity contribution is 0.0601. The first kappa shape index (κ1) is 9.92. The zero-order chi connectivity index (χ0) is 9.68. The second-order valence-corrected chi connectivity index (χ2v) is 2.99. The van der Waals surface area contributed by atoms with Gasteiger partial charge in [0.05, 0.1) is 12.7 Å². The third kappa shape index (κ3) is 2.66. The van der Waals surface area contributed by atoms with Crippen LogP contribution in [0.3, 0.4) is 0 Å². The Morgan fingerprint density at radius 3 is 2.92 bits per heavy atom. The molecule has 0 bridgehead atoms. The summed E-state index contributed by atoms with van der Waals surface area (Å²) in [4.78, 5) is 11.1. The third-order valence-corrected chi connectivity index (χ3v) is 1.94. The predicted octanol–water partition coefficient (Wildman–Crippen LogP) is 2.16. The topological polar surface area (TPSA) is 38.3 Å². The summed E-state index contributed by atoms with van der Waals surface area (Å²) in [5.74, 6) is -0.315. The predicted molar refractivity (Wildman–Crippen MR) is 54.9 cm³/mol. The number of carbonyl (C=O) groups excluding carboxylic acids is 1. The lowest BCUT2D eigenvalue weighted by Crippen LogP contribution is -2.01. The van der Waals surface area contributed by atoms with Gasteiger partial charge >= 0.3 is 5.97 Å². The second-order valence-electron chi connectivity index (χ2n) is 2.38. The average molecular weight is 197 g/mol. The number of methoxy groups -OCH3 is 1. The smallest absolute Gasteiger partial charge is 0.337 e. The molecule has 0 aromatic heterocycles. The van der Waals surface area contributed by atoms with Gasteiger partial charge in [-0.15, -0.1) is 0 Å². The molecular formula is C9H11NO2S. The van der Waals surface area contributed by atoms with Gasteiger partial charge in [-0.2, -0.15) is 0 Å². The van der Waals surface area contributed by atoms with Gasteiger partial charge in [0.2, 0.25) is 0 Å². The van der Waals surface area contributed by atoms with Crippen molar-refractivity contribution in [3.63, 3.8) is 0 Å². The van der Waals surface area contributed by atoms with Crippen molar-refractivity contribution in [2.75, 3.05) is 18.1 Å². The summed E-state index contributed by atoms with van der Waals surface area (Å²) in [6, 6.07) is 7.17. The molecule has 0 saturated heterocycles. The largest absolute Gasteiger partial charge is 0.465 e. The fourth-order valence-electron chi connectivity index (χ4n) is 0.945. The van der Waals surface area contributed by atoms with E-state index in [4.69, 9.17) is 0 Å². The third-order valence-electron chi connectivity index (χ3n) is 1.50. The lowest BCUT2D eigenvalue weighted by Gasteiger charge is -2.03. The van der Waals surface area contributed by atoms with Crippen LogP contribution >= 0.6 is 11.9 Å². The molecule has 0 radical (unpaired) electrons. The number of hydrogen-bond acceptors (Lipinski definition) is 4. The number of benzene rings is 1. The van der Waals surface area contributed by atoms with Gasteiger partial charge in [0.25, 0.3) is 0 Å². The number of hydrogen-bond donors (Lipinski definition) is 1. The van der Waals surface area contributed by atoms with E-state index in [-0.39, 0.29) is 5.97 Å². The zero-order valence-electron chi connectivity index (χ0n) is 7.53. The number of nitrogens with one attached hydrogen (secondary N) is 1. The van der Waals surface area contributed by atoms with E-state index < -0.39 is 0 Å². The summed E-state index contributed by atoms with van der Waals surface area (Å²) in [7, 11) is 1.37. The highest BCUT2D eigenvalue weighted by atomic mass is 32.2. The molecule has 3 nitrogen and oxygen atoms in total. The van der Waals surface area contributed by atoms with Gasteiger partial charge in [-0.3, -0.25) is 0 Å². The van der Waals surface area contributed by atoms with Gasteiger partial charge in [0, 0.05) is 11.9 Å². The van der Waals surface area contributed by atoms with Crippen LogP contribution in [0, 0.1) is 0 Å². The molecule has 1 rings (SSSR count). The molecule has 1 N–H and O–H groups in total. The van der Waals surface area contributed by atoms with E-state index in [1.165, 1.54) is 19.1 Å². The van der Waals surface area contributed by atoms with Crippen molar-refractivity contribution in [2.24, 2.45) is 0 Å². The molecule has 1 aromatic carbocycles. The number of esters is 1. The van der Waals surface area contributed by atoms with E-state index in [1.807, 2.05) is 18.4 Å². The van der Waals surface area contributed by atoms with Crippen molar-refractivity contribution in [1.82, 2.24) is 0 Å². The Labute approximate surface area is 81.6 Å². The van der Waals surface area contributed by atoms with Crippen LogP contribution in [-0.4, -0.2) is 19.3 Å². The van der Waals surface area contributed by atoms with E-state index in [0.717, 1.165) is 5.69 Å². The van der Waals surface area contributed by atoms with Gasteiger partial charge in [-0.05, 0) is 18.2 Å². The summed E-state index contributed by atoms with van der Waals surface area (Å²) in [6.07, 6.45) is 1.92. The Hall–Kier alpha value is -1.16. The van der Waals surface area contributed by atoms with Crippen LogP contribution in [-0.2, 0) is 4.74 Å². The molecule has 0 aliphatic rings. The maximum atomic E-state index is 11.1. The van der Waals surface area contributed by atoms with Crippen molar-refractivity contribution in [3.05, 3.63) is 29.8 Å². The minimum atomic E-state index is -0.315. The van der Waals surface area contributed by atoms with Gasteiger partial charge < -0.3 is 9.46 Å². The van der Waals surface area contributed by atoms with Crippen LogP contribution < -0.4 is 4.72 Å². The second kappa shape index (κ2) is 4.77. The minimum Gasteiger partial charge on any atom is -0.465 e. The molecule has 0 spiro atoms. The summed E-state index contributed by atoms with van der Waals surface area (Å²) in [5.41, 5.74) is 1.46. The molecule has 1 aromatic rings. The van der Waals surface area contributed by atoms with Crippen LogP contribution in [0.1, 0.15) is 10.4 Å². The number of carbonyl (C=O) groups is 1.